The molecule has 2 aliphatic heterocycles. The summed E-state index contributed by atoms with van der Waals surface area (Å²) in [6.45, 7) is 2.42. The van der Waals surface area contributed by atoms with Gasteiger partial charge in [0, 0.05) is 12.8 Å². The molecule has 0 saturated carbocycles. The van der Waals surface area contributed by atoms with E-state index in [-0.39, 0.29) is 19.4 Å². The largest absolute Gasteiger partial charge is 0.462 e. The van der Waals surface area contributed by atoms with E-state index in [9.17, 15) is 45.3 Å². The fourth-order valence-electron chi connectivity index (χ4n) is 7.76. The summed E-state index contributed by atoms with van der Waals surface area (Å²) in [4.78, 5) is 25.7. The Morgan fingerprint density at radius 1 is 0.500 bits per heavy atom. The Bertz CT molecular complexity index is 1340. The van der Waals surface area contributed by atoms with Crippen molar-refractivity contribution in [2.24, 2.45) is 0 Å². The van der Waals surface area contributed by atoms with Gasteiger partial charge in [-0.25, -0.2) is 0 Å². The smallest absolute Gasteiger partial charge is 0.306 e. The van der Waals surface area contributed by atoms with Crippen molar-refractivity contribution in [2.75, 3.05) is 26.4 Å². The number of carbonyl (C=O) groups excluding carboxylic acids is 2. The number of esters is 2. The molecule has 0 amide bonds. The lowest BCUT2D eigenvalue weighted by Gasteiger charge is -2.42. The second-order valence-corrected chi connectivity index (χ2v) is 17.7. The van der Waals surface area contributed by atoms with E-state index < -0.39 is 99.3 Å². The van der Waals surface area contributed by atoms with Crippen LogP contribution in [0.4, 0.5) is 0 Å². The highest BCUT2D eigenvalue weighted by molar-refractivity contribution is 5.70. The van der Waals surface area contributed by atoms with Gasteiger partial charge < -0.3 is 64.2 Å². The van der Waals surface area contributed by atoms with Crippen molar-refractivity contribution in [1.29, 1.82) is 0 Å². The second-order valence-electron chi connectivity index (χ2n) is 17.7. The van der Waals surface area contributed by atoms with Gasteiger partial charge in [-0.1, -0.05) is 172 Å². The molecule has 2 aliphatic rings. The Kier molecular flexibility index (Phi) is 34.6. The standard InChI is InChI=1S/C51H88O15/c1-3-5-7-9-11-13-15-17-19-21-23-25-27-29-31-33-42(53)61-36-39(64-43(54)34-32-30-28-26-24-22-20-18-16-14-12-10-8-6-4-2)37-62-50-49(60)47(58)45(56)41(66-50)38-63-51-48(59)46(57)44(55)40(35-52)65-51/h6,8,10,12,14,16,18,20,39-41,44-52,55-60H,3-5,7,9,11,13,15,17,19,21-38H2,1-2H3/b8-6+,12-10+,16-14+,20-18+/t39-,40-,41-,44+,45+,46?,47?,48?,49?,50-,51-/m1/s1. The zero-order valence-electron chi connectivity index (χ0n) is 40.2. The number of carbonyl (C=O) groups is 2. The SMILES string of the molecule is CC/C=C/C=C/C=C/C=C/CCCCCCCC(=O)O[C@H](COC(=O)CCCCCCCCCCCCCCCCC)CO[C@@H]1O[C@H](CO[C@@H]2O[C@H](CO)[C@H](O)C(O)C2O)[C@H](O)C(O)C1O. The molecule has 0 aromatic carbocycles. The molecule has 2 heterocycles. The normalized spacial score (nSPS) is 26.6. The minimum Gasteiger partial charge on any atom is -0.462 e. The second kappa shape index (κ2) is 38.3. The number of hydrogen-bond donors (Lipinski definition) is 7. The maximum Gasteiger partial charge on any atom is 0.306 e. The van der Waals surface area contributed by atoms with Crippen LogP contribution >= 0.6 is 0 Å². The lowest BCUT2D eigenvalue weighted by atomic mass is 9.98. The summed E-state index contributed by atoms with van der Waals surface area (Å²) in [7, 11) is 0. The molecule has 15 heteroatoms. The van der Waals surface area contributed by atoms with E-state index in [4.69, 9.17) is 28.4 Å². The molecule has 4 unspecified atom stereocenters. The van der Waals surface area contributed by atoms with Crippen molar-refractivity contribution < 1.29 is 73.8 Å². The molecule has 0 spiro atoms. The van der Waals surface area contributed by atoms with E-state index in [2.05, 4.69) is 26.0 Å². The van der Waals surface area contributed by atoms with E-state index in [1.165, 1.54) is 70.6 Å². The number of aliphatic hydroxyl groups is 7. The highest BCUT2D eigenvalue weighted by Crippen LogP contribution is 2.26. The number of aliphatic hydroxyl groups excluding tert-OH is 7. The number of ether oxygens (including phenoxy) is 6. The van der Waals surface area contributed by atoms with E-state index in [0.717, 1.165) is 57.8 Å². The summed E-state index contributed by atoms with van der Waals surface area (Å²) in [5.41, 5.74) is 0. The third-order valence-corrected chi connectivity index (χ3v) is 11.9. The number of allylic oxidation sites excluding steroid dienone is 8. The third kappa shape index (κ3) is 26.3. The van der Waals surface area contributed by atoms with Crippen LogP contribution < -0.4 is 0 Å². The van der Waals surface area contributed by atoms with Crippen LogP contribution in [-0.4, -0.2) is 142 Å². The molecule has 2 rings (SSSR count). The number of unbranched alkanes of at least 4 members (excludes halogenated alkanes) is 19. The molecular weight excluding hydrogens is 853 g/mol. The van der Waals surface area contributed by atoms with Crippen LogP contribution in [0.1, 0.15) is 168 Å². The maximum atomic E-state index is 13.0. The Balaban J connectivity index is 1.83. The molecule has 0 aromatic rings. The van der Waals surface area contributed by atoms with Gasteiger partial charge in [0.2, 0.25) is 0 Å². The van der Waals surface area contributed by atoms with Crippen molar-refractivity contribution in [1.82, 2.24) is 0 Å². The Morgan fingerprint density at radius 3 is 1.50 bits per heavy atom. The molecule has 382 valence electrons. The van der Waals surface area contributed by atoms with Gasteiger partial charge in [-0.15, -0.1) is 0 Å². The highest BCUT2D eigenvalue weighted by Gasteiger charge is 2.47. The van der Waals surface area contributed by atoms with Crippen molar-refractivity contribution in [3.8, 4) is 0 Å². The van der Waals surface area contributed by atoms with E-state index in [1.807, 2.05) is 36.5 Å². The molecule has 0 aliphatic carbocycles. The van der Waals surface area contributed by atoms with Gasteiger partial charge in [0.1, 0.15) is 55.4 Å². The summed E-state index contributed by atoms with van der Waals surface area (Å²) in [6, 6.07) is 0. The number of rotatable bonds is 38. The van der Waals surface area contributed by atoms with Crippen molar-refractivity contribution in [2.45, 2.75) is 235 Å². The van der Waals surface area contributed by atoms with Crippen LogP contribution in [0.5, 0.6) is 0 Å². The van der Waals surface area contributed by atoms with E-state index in [1.54, 1.807) is 0 Å². The maximum absolute atomic E-state index is 13.0. The summed E-state index contributed by atoms with van der Waals surface area (Å²) in [5.74, 6) is -0.950. The minimum absolute atomic E-state index is 0.139. The van der Waals surface area contributed by atoms with Crippen molar-refractivity contribution >= 4 is 11.9 Å². The van der Waals surface area contributed by atoms with Gasteiger partial charge in [-0.2, -0.15) is 0 Å². The van der Waals surface area contributed by atoms with Gasteiger partial charge in [0.05, 0.1) is 19.8 Å². The molecule has 2 fully saturated rings. The Labute approximate surface area is 395 Å². The quantitative estimate of drug-likeness (QED) is 0.0194. The first-order valence-electron chi connectivity index (χ1n) is 25.3. The molecule has 11 atom stereocenters. The summed E-state index contributed by atoms with van der Waals surface area (Å²) in [6.07, 6.45) is 24.2. The lowest BCUT2D eigenvalue weighted by Crippen LogP contribution is -2.61. The molecule has 2 saturated heterocycles. The van der Waals surface area contributed by atoms with Gasteiger partial charge in [0.25, 0.3) is 0 Å². The first kappa shape index (κ1) is 59.6. The minimum atomic E-state index is -1.77. The van der Waals surface area contributed by atoms with Gasteiger partial charge in [-0.3, -0.25) is 9.59 Å². The van der Waals surface area contributed by atoms with Crippen molar-refractivity contribution in [3.05, 3.63) is 48.6 Å². The zero-order valence-corrected chi connectivity index (χ0v) is 40.2. The predicted octanol–water partition coefficient (Wildman–Crippen LogP) is 6.71. The molecular formula is C51H88O15. The Hall–Kier alpha value is -2.54. The average molecular weight is 941 g/mol. The Morgan fingerprint density at radius 2 is 0.955 bits per heavy atom. The van der Waals surface area contributed by atoms with Crippen LogP contribution in [0.3, 0.4) is 0 Å². The first-order chi connectivity index (χ1) is 32.0. The molecule has 0 bridgehead atoms. The van der Waals surface area contributed by atoms with Crippen LogP contribution in [0.15, 0.2) is 48.6 Å². The molecule has 0 radical (unpaired) electrons. The molecule has 66 heavy (non-hydrogen) atoms. The fraction of sp³-hybridized carbons (Fsp3) is 0.804. The summed E-state index contributed by atoms with van der Waals surface area (Å²) >= 11 is 0. The van der Waals surface area contributed by atoms with Crippen LogP contribution in [-0.2, 0) is 38.0 Å². The van der Waals surface area contributed by atoms with Crippen LogP contribution in [0.25, 0.3) is 0 Å². The van der Waals surface area contributed by atoms with Crippen molar-refractivity contribution in [3.63, 3.8) is 0 Å². The summed E-state index contributed by atoms with van der Waals surface area (Å²) in [5, 5.41) is 72.0. The zero-order chi connectivity index (χ0) is 48.2. The first-order valence-corrected chi connectivity index (χ1v) is 25.3. The van der Waals surface area contributed by atoms with E-state index >= 15 is 0 Å². The molecule has 0 aromatic heterocycles. The summed E-state index contributed by atoms with van der Waals surface area (Å²) < 4.78 is 33.5. The third-order valence-electron chi connectivity index (χ3n) is 11.9. The van der Waals surface area contributed by atoms with Gasteiger partial charge >= 0.3 is 11.9 Å². The highest BCUT2D eigenvalue weighted by atomic mass is 16.7. The average Bonchev–Trinajstić information content (AvgIpc) is 3.31. The van der Waals surface area contributed by atoms with Crippen LogP contribution in [0.2, 0.25) is 0 Å². The monoisotopic (exact) mass is 941 g/mol. The van der Waals surface area contributed by atoms with Crippen LogP contribution in [0, 0.1) is 0 Å². The topological polar surface area (TPSA) is 231 Å². The van der Waals surface area contributed by atoms with Gasteiger partial charge in [0.15, 0.2) is 18.7 Å². The fourth-order valence-corrected chi connectivity index (χ4v) is 7.76. The van der Waals surface area contributed by atoms with E-state index in [0.29, 0.717) is 12.8 Å². The molecule has 15 nitrogen and oxygen atoms in total. The number of hydrogen-bond acceptors (Lipinski definition) is 15. The predicted molar refractivity (Wildman–Crippen MR) is 252 cm³/mol. The lowest BCUT2D eigenvalue weighted by molar-refractivity contribution is -0.332. The molecule has 7 N–H and O–H groups in total. The van der Waals surface area contributed by atoms with Gasteiger partial charge in [-0.05, 0) is 32.1 Å².